The van der Waals surface area contributed by atoms with E-state index in [0.29, 0.717) is 23.1 Å². The second-order valence-corrected chi connectivity index (χ2v) is 11.5. The summed E-state index contributed by atoms with van der Waals surface area (Å²) in [6.45, 7) is 3.98. The number of nitriles is 1. The Balaban J connectivity index is 1.24. The molecule has 1 fully saturated rings. The third kappa shape index (κ3) is 4.48. The Morgan fingerprint density at radius 3 is 2.57 bits per heavy atom. The normalized spacial score (nSPS) is 16.1. The first kappa shape index (κ1) is 26.5. The van der Waals surface area contributed by atoms with Gasteiger partial charge >= 0.3 is 0 Å². The molecule has 0 bridgehead atoms. The predicted octanol–water partition coefficient (Wildman–Crippen LogP) is 8.43. The molecule has 1 aromatic heterocycles. The number of allylic oxidation sites excluding steroid dienone is 1. The van der Waals surface area contributed by atoms with Crippen molar-refractivity contribution in [2.45, 2.75) is 19.4 Å². The third-order valence-corrected chi connectivity index (χ3v) is 8.90. The van der Waals surface area contributed by atoms with E-state index in [1.54, 1.807) is 6.33 Å². The molecule has 4 aromatic carbocycles. The molecule has 1 aliphatic heterocycles. The van der Waals surface area contributed by atoms with Crippen molar-refractivity contribution in [1.82, 2.24) is 9.97 Å². The van der Waals surface area contributed by atoms with E-state index in [2.05, 4.69) is 76.3 Å². The lowest BCUT2D eigenvalue weighted by Gasteiger charge is -2.41. The van der Waals surface area contributed by atoms with Crippen molar-refractivity contribution in [2.75, 3.05) is 29.4 Å². The molecule has 2 aliphatic rings. The average Bonchev–Trinajstić information content (AvgIpc) is 3.40. The second-order valence-electron chi connectivity index (χ2n) is 10.7. The number of hydrogen-bond donors (Lipinski definition) is 0. The number of rotatable bonds is 4. The van der Waals surface area contributed by atoms with Crippen LogP contribution in [-0.2, 0) is 6.42 Å². The van der Waals surface area contributed by atoms with Crippen LogP contribution in [0.5, 0.6) is 0 Å². The lowest BCUT2D eigenvalue weighted by molar-refractivity contribution is 0.587. The van der Waals surface area contributed by atoms with Crippen molar-refractivity contribution in [3.8, 4) is 28.3 Å². The van der Waals surface area contributed by atoms with Gasteiger partial charge in [-0.25, -0.2) is 9.97 Å². The fourth-order valence-corrected chi connectivity index (χ4v) is 6.76. The molecule has 1 atom stereocenters. The van der Waals surface area contributed by atoms with E-state index in [1.807, 2.05) is 36.4 Å². The summed E-state index contributed by atoms with van der Waals surface area (Å²) in [5.41, 5.74) is 10.2. The van der Waals surface area contributed by atoms with Crippen LogP contribution in [-0.4, -0.2) is 35.6 Å². The van der Waals surface area contributed by atoms with Crippen LogP contribution in [0.15, 0.2) is 85.2 Å². The van der Waals surface area contributed by atoms with Gasteiger partial charge in [0.2, 0.25) is 0 Å². The van der Waals surface area contributed by atoms with E-state index >= 15 is 0 Å². The molecular formula is C35H27Cl2N5. The summed E-state index contributed by atoms with van der Waals surface area (Å²) < 4.78 is 0. The zero-order valence-electron chi connectivity index (χ0n) is 23.1. The van der Waals surface area contributed by atoms with E-state index in [4.69, 9.17) is 28.2 Å². The SMILES string of the molecule is CC=Cc1c(N2CCN(c3ncnc4cc(Cl)c(-c5ccc(Cl)cc5)cc34)CC2C#N)ccc2c1Cc1ccccc1-2. The van der Waals surface area contributed by atoms with Crippen LogP contribution in [0.1, 0.15) is 23.6 Å². The molecule has 5 aromatic rings. The van der Waals surface area contributed by atoms with E-state index in [-0.39, 0.29) is 6.04 Å². The maximum atomic E-state index is 10.4. The molecule has 42 heavy (non-hydrogen) atoms. The summed E-state index contributed by atoms with van der Waals surface area (Å²) in [5, 5.41) is 12.6. The van der Waals surface area contributed by atoms with Gasteiger partial charge in [0.1, 0.15) is 18.2 Å². The summed E-state index contributed by atoms with van der Waals surface area (Å²) >= 11 is 12.8. The smallest absolute Gasteiger partial charge is 0.140 e. The molecule has 0 saturated carbocycles. The molecule has 1 saturated heterocycles. The Hall–Kier alpha value is -4.37. The van der Waals surface area contributed by atoms with Crippen LogP contribution < -0.4 is 9.80 Å². The van der Waals surface area contributed by atoms with Gasteiger partial charge in [0.05, 0.1) is 23.2 Å². The van der Waals surface area contributed by atoms with Crippen LogP contribution in [0.3, 0.4) is 0 Å². The Morgan fingerprint density at radius 1 is 0.929 bits per heavy atom. The van der Waals surface area contributed by atoms with Crippen LogP contribution in [0.25, 0.3) is 39.2 Å². The van der Waals surface area contributed by atoms with Crippen LogP contribution in [0.4, 0.5) is 11.5 Å². The zero-order chi connectivity index (χ0) is 28.8. The number of anilines is 2. The van der Waals surface area contributed by atoms with Crippen molar-refractivity contribution in [3.05, 3.63) is 112 Å². The third-order valence-electron chi connectivity index (χ3n) is 8.34. The quantitative estimate of drug-likeness (QED) is 0.207. The van der Waals surface area contributed by atoms with Gasteiger partial charge in [-0.1, -0.05) is 77.8 Å². The number of nitrogens with zero attached hydrogens (tertiary/aromatic N) is 5. The zero-order valence-corrected chi connectivity index (χ0v) is 24.6. The highest BCUT2D eigenvalue weighted by Crippen LogP contribution is 2.43. The Bertz CT molecular complexity index is 1910. The first-order valence-corrected chi connectivity index (χ1v) is 14.8. The minimum Gasteiger partial charge on any atom is -0.352 e. The second kappa shape index (κ2) is 10.8. The fraction of sp³-hybridized carbons (Fsp3) is 0.171. The van der Waals surface area contributed by atoms with Crippen molar-refractivity contribution < 1.29 is 0 Å². The minimum absolute atomic E-state index is 0.349. The maximum absolute atomic E-state index is 10.4. The topological polar surface area (TPSA) is 56.1 Å². The number of aromatic nitrogens is 2. The van der Waals surface area contributed by atoms with Gasteiger partial charge in [-0.05, 0) is 71.5 Å². The molecule has 5 nitrogen and oxygen atoms in total. The molecule has 2 heterocycles. The van der Waals surface area contributed by atoms with E-state index < -0.39 is 0 Å². The van der Waals surface area contributed by atoms with Crippen molar-refractivity contribution in [3.63, 3.8) is 0 Å². The number of hydrogen-bond acceptors (Lipinski definition) is 5. The largest absolute Gasteiger partial charge is 0.352 e. The summed E-state index contributed by atoms with van der Waals surface area (Å²) in [7, 11) is 0. The highest BCUT2D eigenvalue weighted by atomic mass is 35.5. The molecule has 206 valence electrons. The van der Waals surface area contributed by atoms with E-state index in [0.717, 1.165) is 46.5 Å². The van der Waals surface area contributed by atoms with Gasteiger partial charge in [0, 0.05) is 40.3 Å². The van der Waals surface area contributed by atoms with Gasteiger partial charge in [-0.2, -0.15) is 5.26 Å². The maximum Gasteiger partial charge on any atom is 0.140 e. The first-order valence-electron chi connectivity index (χ1n) is 14.0. The fourth-order valence-electron chi connectivity index (χ4n) is 6.37. The van der Waals surface area contributed by atoms with Crippen molar-refractivity contribution in [2.24, 2.45) is 0 Å². The summed E-state index contributed by atoms with van der Waals surface area (Å²) in [6, 6.07) is 26.8. The Kier molecular flexibility index (Phi) is 6.82. The van der Waals surface area contributed by atoms with Gasteiger partial charge in [-0.3, -0.25) is 0 Å². The molecular weight excluding hydrogens is 561 g/mol. The highest BCUT2D eigenvalue weighted by molar-refractivity contribution is 6.34. The highest BCUT2D eigenvalue weighted by Gasteiger charge is 2.32. The summed E-state index contributed by atoms with van der Waals surface area (Å²) in [4.78, 5) is 13.7. The number of benzene rings is 4. The molecule has 0 amide bonds. The minimum atomic E-state index is -0.349. The van der Waals surface area contributed by atoms with Gasteiger partial charge in [-0.15, -0.1) is 0 Å². The van der Waals surface area contributed by atoms with E-state index in [1.165, 1.54) is 27.8 Å². The molecule has 0 N–H and O–H groups in total. The van der Waals surface area contributed by atoms with Crippen LogP contribution >= 0.6 is 23.2 Å². The molecule has 1 unspecified atom stereocenters. The average molecular weight is 589 g/mol. The van der Waals surface area contributed by atoms with Gasteiger partial charge < -0.3 is 9.80 Å². The summed E-state index contributed by atoms with van der Waals surface area (Å²) in [5.74, 6) is 0.810. The van der Waals surface area contributed by atoms with Crippen LogP contribution in [0.2, 0.25) is 10.0 Å². The number of halogens is 2. The van der Waals surface area contributed by atoms with Gasteiger partial charge in [0.15, 0.2) is 0 Å². The van der Waals surface area contributed by atoms with Crippen molar-refractivity contribution in [1.29, 1.82) is 5.26 Å². The first-order chi connectivity index (χ1) is 20.6. The summed E-state index contributed by atoms with van der Waals surface area (Å²) in [6.07, 6.45) is 6.77. The molecule has 1 aliphatic carbocycles. The lowest BCUT2D eigenvalue weighted by Crippen LogP contribution is -2.53. The van der Waals surface area contributed by atoms with E-state index in [9.17, 15) is 5.26 Å². The Labute approximate surface area is 255 Å². The van der Waals surface area contributed by atoms with Crippen LogP contribution in [0, 0.1) is 11.3 Å². The molecule has 0 radical (unpaired) electrons. The van der Waals surface area contributed by atoms with Gasteiger partial charge in [0.25, 0.3) is 0 Å². The number of piperazine rings is 1. The van der Waals surface area contributed by atoms with Crippen molar-refractivity contribution >= 4 is 51.7 Å². The predicted molar refractivity (Wildman–Crippen MR) is 173 cm³/mol. The Morgan fingerprint density at radius 2 is 1.76 bits per heavy atom. The number of fused-ring (bicyclic) bond motifs is 4. The monoisotopic (exact) mass is 587 g/mol. The standard InChI is InChI=1S/C35H27Cl2N5/c1-2-5-28-30-16-23-6-3-4-7-26(23)27(30)12-13-34(28)42-15-14-41(20-25(42)19-38)35-31-17-29(22-8-10-24(36)11-9-22)32(37)18-33(31)39-21-40-35/h2-13,17-18,21,25H,14-16,20H2,1H3. The molecule has 7 heteroatoms. The molecule has 7 rings (SSSR count). The molecule has 0 spiro atoms. The lowest BCUT2D eigenvalue weighted by atomic mass is 9.97.